The molecule has 3 aliphatic rings. The Labute approximate surface area is 165 Å². The molecule has 2 saturated heterocycles. The van der Waals surface area contributed by atoms with Crippen molar-refractivity contribution >= 4 is 16.8 Å². The summed E-state index contributed by atoms with van der Waals surface area (Å²) < 4.78 is 11.5. The maximum absolute atomic E-state index is 12.8. The maximum atomic E-state index is 12.8. The van der Waals surface area contributed by atoms with Crippen molar-refractivity contribution in [1.29, 1.82) is 0 Å². The molecule has 3 atom stereocenters. The van der Waals surface area contributed by atoms with E-state index in [2.05, 4.69) is 33.9 Å². The van der Waals surface area contributed by atoms with Gasteiger partial charge in [-0.05, 0) is 61.8 Å². The Hall–Kier alpha value is -2.05. The Morgan fingerprint density at radius 3 is 2.93 bits per heavy atom. The Balaban J connectivity index is 1.26. The van der Waals surface area contributed by atoms with Gasteiger partial charge in [0.2, 0.25) is 5.91 Å². The highest BCUT2D eigenvalue weighted by molar-refractivity contribution is 5.85. The highest BCUT2D eigenvalue weighted by Crippen LogP contribution is 2.38. The minimum Gasteiger partial charge on any atom is -0.497 e. The van der Waals surface area contributed by atoms with Crippen molar-refractivity contribution < 1.29 is 14.3 Å². The van der Waals surface area contributed by atoms with Crippen LogP contribution in [0.4, 0.5) is 0 Å². The SMILES string of the molecule is COc1ccc2[nH]cc([C@@H]3CCC[C@H](NC(=O)[C@@H]4CCC5(CNC5)O4)C3)c2c1. The standard InChI is InChI=1S/C22H29N3O3/c1-27-16-5-6-19-17(10-16)18(11-24-19)14-3-2-4-15(9-14)25-21(26)20-7-8-22(28-20)12-23-13-22/h5-6,10-11,14-15,20,23-24H,2-4,7-9,12-13H2,1H3,(H,25,26)/t14-,15+,20+/m1/s1. The van der Waals surface area contributed by atoms with E-state index in [0.717, 1.165) is 62.9 Å². The molecule has 1 aliphatic carbocycles. The number of aromatic nitrogens is 1. The van der Waals surface area contributed by atoms with Gasteiger partial charge in [0.05, 0.1) is 12.7 Å². The van der Waals surface area contributed by atoms with Gasteiger partial charge in [0.15, 0.2) is 0 Å². The normalized spacial score (nSPS) is 29.0. The predicted octanol–water partition coefficient (Wildman–Crippen LogP) is 2.84. The number of carbonyl (C=O) groups is 1. The minimum absolute atomic E-state index is 0.0692. The molecule has 1 aromatic carbocycles. The van der Waals surface area contributed by atoms with Crippen LogP contribution in [-0.2, 0) is 9.53 Å². The van der Waals surface area contributed by atoms with E-state index in [4.69, 9.17) is 9.47 Å². The third-order valence-corrected chi connectivity index (χ3v) is 6.82. The zero-order valence-corrected chi connectivity index (χ0v) is 16.4. The Bertz CT molecular complexity index is 873. The summed E-state index contributed by atoms with van der Waals surface area (Å²) in [6, 6.07) is 6.39. The maximum Gasteiger partial charge on any atom is 0.249 e. The van der Waals surface area contributed by atoms with Gasteiger partial charge in [0.1, 0.15) is 11.9 Å². The summed E-state index contributed by atoms with van der Waals surface area (Å²) in [4.78, 5) is 16.1. The van der Waals surface area contributed by atoms with Gasteiger partial charge in [-0.15, -0.1) is 0 Å². The summed E-state index contributed by atoms with van der Waals surface area (Å²) in [5.74, 6) is 1.41. The van der Waals surface area contributed by atoms with Crippen LogP contribution in [0, 0.1) is 0 Å². The molecular formula is C22H29N3O3. The number of ether oxygens (including phenoxy) is 2. The molecule has 1 spiro atoms. The number of carbonyl (C=O) groups excluding carboxylic acids is 1. The van der Waals surface area contributed by atoms with Gasteiger partial charge < -0.3 is 25.1 Å². The van der Waals surface area contributed by atoms with Crippen LogP contribution < -0.4 is 15.4 Å². The van der Waals surface area contributed by atoms with E-state index in [9.17, 15) is 4.79 Å². The fraction of sp³-hybridized carbons (Fsp3) is 0.591. The number of rotatable bonds is 4. The number of benzene rings is 1. The average molecular weight is 383 g/mol. The summed E-state index contributed by atoms with van der Waals surface area (Å²) >= 11 is 0. The average Bonchev–Trinajstić information content (AvgIpc) is 3.32. The molecule has 3 heterocycles. The van der Waals surface area contributed by atoms with Crippen LogP contribution in [-0.4, -0.2) is 48.8 Å². The van der Waals surface area contributed by atoms with E-state index in [-0.39, 0.29) is 23.7 Å². The number of fused-ring (bicyclic) bond motifs is 1. The molecule has 1 aromatic heterocycles. The monoisotopic (exact) mass is 383 g/mol. The first-order valence-electron chi connectivity index (χ1n) is 10.5. The van der Waals surface area contributed by atoms with Crippen molar-refractivity contribution in [3.63, 3.8) is 0 Å². The fourth-order valence-corrected chi connectivity index (χ4v) is 5.15. The highest BCUT2D eigenvalue weighted by Gasteiger charge is 2.47. The van der Waals surface area contributed by atoms with Gasteiger partial charge in [0.25, 0.3) is 0 Å². The van der Waals surface area contributed by atoms with Gasteiger partial charge in [0, 0.05) is 36.2 Å². The quantitative estimate of drug-likeness (QED) is 0.759. The lowest BCUT2D eigenvalue weighted by atomic mass is 9.81. The number of hydrogen-bond acceptors (Lipinski definition) is 4. The van der Waals surface area contributed by atoms with E-state index in [1.165, 1.54) is 10.9 Å². The fourth-order valence-electron chi connectivity index (χ4n) is 5.15. The first-order chi connectivity index (χ1) is 13.7. The summed E-state index contributed by atoms with van der Waals surface area (Å²) in [6.07, 6.45) is 8.00. The topological polar surface area (TPSA) is 75.4 Å². The molecule has 6 heteroatoms. The van der Waals surface area contributed by atoms with Crippen LogP contribution in [0.15, 0.2) is 24.4 Å². The van der Waals surface area contributed by atoms with Crippen molar-refractivity contribution in [3.05, 3.63) is 30.0 Å². The number of H-pyrrole nitrogens is 1. The number of hydrogen-bond donors (Lipinski definition) is 3. The van der Waals surface area contributed by atoms with Crippen LogP contribution in [0.5, 0.6) is 5.75 Å². The van der Waals surface area contributed by atoms with Crippen molar-refractivity contribution in [2.75, 3.05) is 20.2 Å². The summed E-state index contributed by atoms with van der Waals surface area (Å²) in [5.41, 5.74) is 2.41. The van der Waals surface area contributed by atoms with E-state index in [1.54, 1.807) is 7.11 Å². The molecule has 150 valence electrons. The molecule has 1 saturated carbocycles. The van der Waals surface area contributed by atoms with E-state index in [1.807, 2.05) is 6.07 Å². The lowest BCUT2D eigenvalue weighted by Gasteiger charge is -2.38. The van der Waals surface area contributed by atoms with E-state index < -0.39 is 0 Å². The zero-order chi connectivity index (χ0) is 19.1. The molecule has 5 rings (SSSR count). The number of nitrogens with one attached hydrogen (secondary N) is 3. The smallest absolute Gasteiger partial charge is 0.249 e. The largest absolute Gasteiger partial charge is 0.497 e. The molecule has 0 unspecified atom stereocenters. The molecule has 2 aromatic rings. The predicted molar refractivity (Wildman–Crippen MR) is 108 cm³/mol. The van der Waals surface area contributed by atoms with Crippen molar-refractivity contribution in [2.24, 2.45) is 0 Å². The number of methoxy groups -OCH3 is 1. The summed E-state index contributed by atoms with van der Waals surface area (Å²) in [5, 5.41) is 7.78. The molecule has 1 amide bonds. The first kappa shape index (κ1) is 18.0. The molecule has 3 fully saturated rings. The number of amides is 1. The van der Waals surface area contributed by atoms with Crippen molar-refractivity contribution in [2.45, 2.75) is 62.2 Å². The second kappa shape index (κ2) is 7.08. The van der Waals surface area contributed by atoms with Gasteiger partial charge in [-0.1, -0.05) is 6.42 Å². The van der Waals surface area contributed by atoms with Crippen molar-refractivity contribution in [1.82, 2.24) is 15.6 Å². The molecule has 2 aliphatic heterocycles. The van der Waals surface area contributed by atoms with Crippen LogP contribution in [0.1, 0.15) is 50.0 Å². The van der Waals surface area contributed by atoms with Crippen LogP contribution >= 0.6 is 0 Å². The lowest BCUT2D eigenvalue weighted by Crippen LogP contribution is -2.59. The Morgan fingerprint density at radius 2 is 2.18 bits per heavy atom. The van der Waals surface area contributed by atoms with Crippen LogP contribution in [0.2, 0.25) is 0 Å². The van der Waals surface area contributed by atoms with E-state index >= 15 is 0 Å². The second-order valence-corrected chi connectivity index (χ2v) is 8.66. The van der Waals surface area contributed by atoms with E-state index in [0.29, 0.717) is 5.92 Å². The molecule has 6 nitrogen and oxygen atoms in total. The summed E-state index contributed by atoms with van der Waals surface area (Å²) in [7, 11) is 1.70. The van der Waals surface area contributed by atoms with Gasteiger partial charge >= 0.3 is 0 Å². The lowest BCUT2D eigenvalue weighted by molar-refractivity contribution is -0.141. The summed E-state index contributed by atoms with van der Waals surface area (Å²) in [6.45, 7) is 1.76. The Kier molecular flexibility index (Phi) is 4.56. The van der Waals surface area contributed by atoms with Crippen LogP contribution in [0.25, 0.3) is 10.9 Å². The van der Waals surface area contributed by atoms with Gasteiger partial charge in [-0.2, -0.15) is 0 Å². The molecule has 0 bridgehead atoms. The van der Waals surface area contributed by atoms with Crippen molar-refractivity contribution in [3.8, 4) is 5.75 Å². The molecule has 0 radical (unpaired) electrons. The van der Waals surface area contributed by atoms with Crippen LogP contribution in [0.3, 0.4) is 0 Å². The third kappa shape index (κ3) is 3.18. The van der Waals surface area contributed by atoms with Gasteiger partial charge in [-0.25, -0.2) is 0 Å². The Morgan fingerprint density at radius 1 is 1.29 bits per heavy atom. The third-order valence-electron chi connectivity index (χ3n) is 6.82. The zero-order valence-electron chi connectivity index (χ0n) is 16.4. The first-order valence-corrected chi connectivity index (χ1v) is 10.5. The highest BCUT2D eigenvalue weighted by atomic mass is 16.5. The molecule has 28 heavy (non-hydrogen) atoms. The number of aromatic amines is 1. The molecular weight excluding hydrogens is 354 g/mol. The second-order valence-electron chi connectivity index (χ2n) is 8.66. The minimum atomic E-state index is -0.278. The van der Waals surface area contributed by atoms with Gasteiger partial charge in [-0.3, -0.25) is 4.79 Å². The molecule has 3 N–H and O–H groups in total.